The zero-order valence-corrected chi connectivity index (χ0v) is 15.0. The van der Waals surface area contributed by atoms with Gasteiger partial charge in [0.05, 0.1) is 20.6 Å². The van der Waals surface area contributed by atoms with E-state index < -0.39 is 6.10 Å². The molecule has 1 atom stereocenters. The molecule has 27 heavy (non-hydrogen) atoms. The van der Waals surface area contributed by atoms with Gasteiger partial charge in [0.25, 0.3) is 0 Å². The molecule has 0 unspecified atom stereocenters. The molecule has 0 aromatic heterocycles. The van der Waals surface area contributed by atoms with Crippen LogP contribution in [0, 0.1) is 0 Å². The smallest absolute Gasteiger partial charge is 0.163 e. The molecule has 0 fully saturated rings. The van der Waals surface area contributed by atoms with E-state index in [-0.39, 0.29) is 23.7 Å². The number of carbonyl (C=O) groups excluding carboxylic acids is 1. The zero-order chi connectivity index (χ0) is 19.4. The molecule has 2 aromatic carbocycles. The van der Waals surface area contributed by atoms with E-state index in [0.29, 0.717) is 17.3 Å². The fraction of sp³-hybridized carbons (Fsp3) is 0.190. The van der Waals surface area contributed by atoms with Crippen LogP contribution in [0.1, 0.15) is 23.7 Å². The topological polar surface area (TPSA) is 85.2 Å². The Morgan fingerprint density at radius 3 is 2.37 bits per heavy atom. The minimum atomic E-state index is -0.467. The third kappa shape index (κ3) is 4.23. The number of hydrogen-bond acceptors (Lipinski definition) is 6. The Balaban J connectivity index is 1.80. The van der Waals surface area contributed by atoms with E-state index in [0.717, 1.165) is 11.1 Å². The fourth-order valence-electron chi connectivity index (χ4n) is 2.78. The van der Waals surface area contributed by atoms with E-state index >= 15 is 0 Å². The van der Waals surface area contributed by atoms with Gasteiger partial charge in [0.15, 0.2) is 28.8 Å². The Bertz CT molecular complexity index is 913. The molecule has 0 aliphatic carbocycles. The van der Waals surface area contributed by atoms with E-state index in [9.17, 15) is 15.0 Å². The van der Waals surface area contributed by atoms with Gasteiger partial charge in [-0.1, -0.05) is 18.2 Å². The van der Waals surface area contributed by atoms with Gasteiger partial charge in [-0.2, -0.15) is 0 Å². The summed E-state index contributed by atoms with van der Waals surface area (Å²) < 4.78 is 16.1. The number of ketones is 1. The summed E-state index contributed by atoms with van der Waals surface area (Å²) in [7, 11) is 2.94. The first kappa shape index (κ1) is 18.4. The molecule has 0 spiro atoms. The third-order valence-corrected chi connectivity index (χ3v) is 4.19. The van der Waals surface area contributed by atoms with Crippen molar-refractivity contribution in [2.24, 2.45) is 0 Å². The molecular weight excluding hydrogens is 348 g/mol. The van der Waals surface area contributed by atoms with Crippen molar-refractivity contribution in [3.63, 3.8) is 0 Å². The van der Waals surface area contributed by atoms with Crippen molar-refractivity contribution in [2.75, 3.05) is 14.2 Å². The number of carbonyl (C=O) groups is 1. The molecule has 6 nitrogen and oxygen atoms in total. The number of aromatic hydroxyl groups is 2. The van der Waals surface area contributed by atoms with E-state index in [1.54, 1.807) is 36.4 Å². The third-order valence-electron chi connectivity index (χ3n) is 4.19. The van der Waals surface area contributed by atoms with Crippen molar-refractivity contribution < 1.29 is 29.2 Å². The van der Waals surface area contributed by atoms with Gasteiger partial charge >= 0.3 is 0 Å². The van der Waals surface area contributed by atoms with Crippen molar-refractivity contribution in [3.05, 3.63) is 65.4 Å². The summed E-state index contributed by atoms with van der Waals surface area (Å²) in [6, 6.07) is 9.81. The lowest BCUT2D eigenvalue weighted by Crippen LogP contribution is -2.14. The van der Waals surface area contributed by atoms with E-state index in [1.165, 1.54) is 32.4 Å². The molecule has 2 N–H and O–H groups in total. The largest absolute Gasteiger partial charge is 0.504 e. The number of benzene rings is 2. The Hall–Kier alpha value is -3.41. The van der Waals surface area contributed by atoms with Crippen molar-refractivity contribution in [1.82, 2.24) is 0 Å². The number of phenolic OH excluding ortho intramolecular Hbond substituents is 2. The highest BCUT2D eigenvalue weighted by Gasteiger charge is 2.23. The number of methoxy groups -OCH3 is 2. The maximum atomic E-state index is 12.1. The predicted molar refractivity (Wildman–Crippen MR) is 99.9 cm³/mol. The van der Waals surface area contributed by atoms with Crippen LogP contribution < -0.4 is 9.47 Å². The minimum absolute atomic E-state index is 0.0281. The number of allylic oxidation sites excluding steroid dienone is 2. The normalized spacial score (nSPS) is 16.7. The van der Waals surface area contributed by atoms with Crippen LogP contribution in [-0.2, 0) is 9.53 Å². The fourth-order valence-corrected chi connectivity index (χ4v) is 2.78. The molecule has 1 aliphatic heterocycles. The number of ether oxygens (including phenoxy) is 3. The first-order valence-corrected chi connectivity index (χ1v) is 8.33. The maximum Gasteiger partial charge on any atom is 0.163 e. The molecule has 3 rings (SSSR count). The standard InChI is InChI=1S/C21H20O6/c1-25-20-9-13(4-7-17(20)23)3-6-16-11-15(22)12-19(27-16)14-5-8-18(24)21(10-14)26-2/h3-11,19,23-24H,12H2,1-2H3/b6-3+/t19-/m1/s1. The molecule has 0 bridgehead atoms. The Morgan fingerprint density at radius 1 is 1.00 bits per heavy atom. The van der Waals surface area contributed by atoms with Crippen LogP contribution in [0.25, 0.3) is 6.08 Å². The Labute approximate surface area is 156 Å². The van der Waals surface area contributed by atoms with Crippen LogP contribution in [0.15, 0.2) is 54.3 Å². The highest BCUT2D eigenvalue weighted by Crippen LogP contribution is 2.35. The molecule has 0 saturated carbocycles. The highest BCUT2D eigenvalue weighted by molar-refractivity contribution is 5.92. The summed E-state index contributed by atoms with van der Waals surface area (Å²) in [4.78, 5) is 12.1. The van der Waals surface area contributed by atoms with Crippen LogP contribution in [0.4, 0.5) is 0 Å². The van der Waals surface area contributed by atoms with Gasteiger partial charge in [-0.05, 0) is 41.5 Å². The summed E-state index contributed by atoms with van der Waals surface area (Å²) >= 11 is 0. The highest BCUT2D eigenvalue weighted by atomic mass is 16.5. The second-order valence-electron chi connectivity index (χ2n) is 6.02. The molecule has 1 heterocycles. The van der Waals surface area contributed by atoms with Gasteiger partial charge in [-0.3, -0.25) is 4.79 Å². The van der Waals surface area contributed by atoms with Crippen molar-refractivity contribution in [1.29, 1.82) is 0 Å². The second-order valence-corrected chi connectivity index (χ2v) is 6.02. The lowest BCUT2D eigenvalue weighted by atomic mass is 10.0. The molecule has 0 amide bonds. The number of rotatable bonds is 5. The monoisotopic (exact) mass is 368 g/mol. The van der Waals surface area contributed by atoms with E-state index in [2.05, 4.69) is 0 Å². The van der Waals surface area contributed by atoms with Crippen LogP contribution in [0.3, 0.4) is 0 Å². The predicted octanol–water partition coefficient (Wildman–Crippen LogP) is 3.74. The van der Waals surface area contributed by atoms with Crippen molar-refractivity contribution in [2.45, 2.75) is 12.5 Å². The maximum absolute atomic E-state index is 12.1. The molecule has 140 valence electrons. The van der Waals surface area contributed by atoms with Crippen LogP contribution in [0.2, 0.25) is 0 Å². The van der Waals surface area contributed by atoms with Gasteiger partial charge in [0.1, 0.15) is 11.9 Å². The first-order valence-electron chi connectivity index (χ1n) is 8.33. The van der Waals surface area contributed by atoms with E-state index in [1.807, 2.05) is 0 Å². The van der Waals surface area contributed by atoms with Gasteiger partial charge < -0.3 is 24.4 Å². The molecular formula is C21H20O6. The average Bonchev–Trinajstić information content (AvgIpc) is 2.67. The lowest BCUT2D eigenvalue weighted by Gasteiger charge is -2.23. The zero-order valence-electron chi connectivity index (χ0n) is 15.0. The van der Waals surface area contributed by atoms with Gasteiger partial charge in [0, 0.05) is 6.08 Å². The summed E-state index contributed by atoms with van der Waals surface area (Å²) in [5.41, 5.74) is 1.53. The quantitative estimate of drug-likeness (QED) is 0.836. The number of hydrogen-bond donors (Lipinski definition) is 2. The minimum Gasteiger partial charge on any atom is -0.504 e. The van der Waals surface area contributed by atoms with E-state index in [4.69, 9.17) is 14.2 Å². The molecule has 2 aromatic rings. The van der Waals surface area contributed by atoms with Crippen LogP contribution in [0.5, 0.6) is 23.0 Å². The van der Waals surface area contributed by atoms with Gasteiger partial charge in [-0.25, -0.2) is 0 Å². The Morgan fingerprint density at radius 2 is 1.67 bits per heavy atom. The van der Waals surface area contributed by atoms with Gasteiger partial charge in [-0.15, -0.1) is 0 Å². The lowest BCUT2D eigenvalue weighted by molar-refractivity contribution is -0.118. The summed E-state index contributed by atoms with van der Waals surface area (Å²) in [6.45, 7) is 0. The average molecular weight is 368 g/mol. The second kappa shape index (κ2) is 7.86. The summed E-state index contributed by atoms with van der Waals surface area (Å²) in [5.74, 6) is 1.14. The molecule has 1 aliphatic rings. The summed E-state index contributed by atoms with van der Waals surface area (Å²) in [6.07, 6.45) is 4.64. The first-order chi connectivity index (χ1) is 13.0. The molecule has 0 saturated heterocycles. The van der Waals surface area contributed by atoms with Crippen LogP contribution >= 0.6 is 0 Å². The molecule has 6 heteroatoms. The SMILES string of the molecule is COc1cc(/C=C/C2=CC(=O)C[C@H](c3ccc(O)c(OC)c3)O2)ccc1O. The van der Waals surface area contributed by atoms with Gasteiger partial charge in [0.2, 0.25) is 0 Å². The molecule has 0 radical (unpaired) electrons. The number of phenols is 2. The Kier molecular flexibility index (Phi) is 5.35. The summed E-state index contributed by atoms with van der Waals surface area (Å²) in [5, 5.41) is 19.4. The van der Waals surface area contributed by atoms with Crippen LogP contribution in [-0.4, -0.2) is 30.2 Å². The van der Waals surface area contributed by atoms with Crippen molar-refractivity contribution in [3.8, 4) is 23.0 Å². The van der Waals surface area contributed by atoms with Crippen molar-refractivity contribution >= 4 is 11.9 Å².